The number of ether oxygens (including phenoxy) is 3. The van der Waals surface area contributed by atoms with Crippen LogP contribution in [0.25, 0.3) is 0 Å². The molecule has 30 heavy (non-hydrogen) atoms. The average molecular weight is 405 g/mol. The van der Waals surface area contributed by atoms with Gasteiger partial charge in [0.1, 0.15) is 23.9 Å². The highest BCUT2D eigenvalue weighted by atomic mass is 16.5. The number of carbonyl (C=O) groups excluding carboxylic acids is 1. The molecule has 0 saturated heterocycles. The number of amides is 1. The Morgan fingerprint density at radius 3 is 2.40 bits per heavy atom. The van der Waals surface area contributed by atoms with E-state index in [2.05, 4.69) is 5.32 Å². The standard InChI is InChI=1S/C25H27NO4/c1-18-5-4-6-23(15-18)30-17-21-16-20(9-12-24(21)29-3)25(27)26-14-13-19-7-10-22(28-2)11-8-19/h4-12,15-16H,13-14,17H2,1-3H3,(H,26,27). The van der Waals surface area contributed by atoms with E-state index in [4.69, 9.17) is 14.2 Å². The van der Waals surface area contributed by atoms with Crippen molar-refractivity contribution < 1.29 is 19.0 Å². The Morgan fingerprint density at radius 1 is 0.900 bits per heavy atom. The molecular formula is C25H27NO4. The highest BCUT2D eigenvalue weighted by Crippen LogP contribution is 2.23. The third-order valence-electron chi connectivity index (χ3n) is 4.78. The van der Waals surface area contributed by atoms with Crippen LogP contribution in [0.2, 0.25) is 0 Å². The Balaban J connectivity index is 1.60. The largest absolute Gasteiger partial charge is 0.497 e. The van der Waals surface area contributed by atoms with Gasteiger partial charge in [0.25, 0.3) is 5.91 Å². The minimum atomic E-state index is -0.122. The molecule has 1 amide bonds. The summed E-state index contributed by atoms with van der Waals surface area (Å²) in [7, 11) is 3.25. The molecular weight excluding hydrogens is 378 g/mol. The molecule has 3 aromatic rings. The van der Waals surface area contributed by atoms with Gasteiger partial charge in [0, 0.05) is 17.7 Å². The average Bonchev–Trinajstić information content (AvgIpc) is 2.78. The zero-order chi connectivity index (χ0) is 21.3. The molecule has 0 heterocycles. The molecule has 0 aliphatic heterocycles. The first-order chi connectivity index (χ1) is 14.6. The first kappa shape index (κ1) is 21.2. The van der Waals surface area contributed by atoms with Crippen LogP contribution in [0.4, 0.5) is 0 Å². The third kappa shape index (κ3) is 5.77. The maximum absolute atomic E-state index is 12.6. The van der Waals surface area contributed by atoms with Gasteiger partial charge in [0.15, 0.2) is 0 Å². The fourth-order valence-corrected chi connectivity index (χ4v) is 3.11. The van der Waals surface area contributed by atoms with Gasteiger partial charge < -0.3 is 19.5 Å². The molecule has 0 aliphatic rings. The Labute approximate surface area is 177 Å². The van der Waals surface area contributed by atoms with Gasteiger partial charge in [0.2, 0.25) is 0 Å². The zero-order valence-electron chi connectivity index (χ0n) is 17.6. The monoisotopic (exact) mass is 405 g/mol. The van der Waals surface area contributed by atoms with E-state index in [9.17, 15) is 4.79 Å². The summed E-state index contributed by atoms with van der Waals surface area (Å²) in [5.41, 5.74) is 3.66. The molecule has 3 rings (SSSR count). The predicted molar refractivity (Wildman–Crippen MR) is 118 cm³/mol. The van der Waals surface area contributed by atoms with Crippen molar-refractivity contribution in [3.8, 4) is 17.2 Å². The summed E-state index contributed by atoms with van der Waals surface area (Å²) in [5.74, 6) is 2.17. The lowest BCUT2D eigenvalue weighted by atomic mass is 10.1. The van der Waals surface area contributed by atoms with Crippen LogP contribution in [0.1, 0.15) is 27.0 Å². The minimum absolute atomic E-state index is 0.122. The molecule has 0 bridgehead atoms. The van der Waals surface area contributed by atoms with E-state index in [-0.39, 0.29) is 5.91 Å². The Bertz CT molecular complexity index is 983. The number of benzene rings is 3. The van der Waals surface area contributed by atoms with E-state index in [0.29, 0.717) is 24.5 Å². The van der Waals surface area contributed by atoms with Crippen LogP contribution in [0.5, 0.6) is 17.2 Å². The van der Waals surface area contributed by atoms with Gasteiger partial charge in [-0.05, 0) is 66.9 Å². The zero-order valence-corrected chi connectivity index (χ0v) is 17.6. The molecule has 0 aliphatic carbocycles. The molecule has 0 spiro atoms. The second-order valence-electron chi connectivity index (χ2n) is 6.99. The molecule has 0 radical (unpaired) electrons. The van der Waals surface area contributed by atoms with E-state index < -0.39 is 0 Å². The number of methoxy groups -OCH3 is 2. The molecule has 1 N–H and O–H groups in total. The van der Waals surface area contributed by atoms with Crippen LogP contribution in [-0.2, 0) is 13.0 Å². The fraction of sp³-hybridized carbons (Fsp3) is 0.240. The molecule has 0 fully saturated rings. The van der Waals surface area contributed by atoms with E-state index in [0.717, 1.165) is 34.6 Å². The van der Waals surface area contributed by atoms with Crippen molar-refractivity contribution in [1.29, 1.82) is 0 Å². The van der Waals surface area contributed by atoms with Crippen LogP contribution < -0.4 is 19.5 Å². The summed E-state index contributed by atoms with van der Waals surface area (Å²) in [4.78, 5) is 12.6. The first-order valence-corrected chi connectivity index (χ1v) is 9.86. The molecule has 3 aromatic carbocycles. The maximum atomic E-state index is 12.6. The number of nitrogens with one attached hydrogen (secondary N) is 1. The van der Waals surface area contributed by atoms with Crippen LogP contribution in [-0.4, -0.2) is 26.7 Å². The van der Waals surface area contributed by atoms with Gasteiger partial charge in [0.05, 0.1) is 14.2 Å². The maximum Gasteiger partial charge on any atom is 0.251 e. The summed E-state index contributed by atoms with van der Waals surface area (Å²) in [6, 6.07) is 21.1. The van der Waals surface area contributed by atoms with Gasteiger partial charge >= 0.3 is 0 Å². The van der Waals surface area contributed by atoms with Crippen molar-refractivity contribution in [1.82, 2.24) is 5.32 Å². The smallest absolute Gasteiger partial charge is 0.251 e. The molecule has 5 nitrogen and oxygen atoms in total. The molecule has 156 valence electrons. The van der Waals surface area contributed by atoms with Crippen molar-refractivity contribution in [2.75, 3.05) is 20.8 Å². The van der Waals surface area contributed by atoms with Crippen molar-refractivity contribution in [2.24, 2.45) is 0 Å². The lowest BCUT2D eigenvalue weighted by molar-refractivity contribution is 0.0954. The summed E-state index contributed by atoms with van der Waals surface area (Å²) < 4.78 is 16.5. The number of hydrogen-bond donors (Lipinski definition) is 1. The van der Waals surface area contributed by atoms with Crippen molar-refractivity contribution in [3.63, 3.8) is 0 Å². The lowest BCUT2D eigenvalue weighted by Crippen LogP contribution is -2.25. The highest BCUT2D eigenvalue weighted by Gasteiger charge is 2.11. The van der Waals surface area contributed by atoms with Crippen molar-refractivity contribution in [2.45, 2.75) is 20.0 Å². The molecule has 0 unspecified atom stereocenters. The van der Waals surface area contributed by atoms with E-state index in [1.807, 2.05) is 61.5 Å². The Morgan fingerprint density at radius 2 is 1.70 bits per heavy atom. The van der Waals surface area contributed by atoms with Crippen molar-refractivity contribution >= 4 is 5.91 Å². The predicted octanol–water partition coefficient (Wildman–Crippen LogP) is 4.56. The van der Waals surface area contributed by atoms with Gasteiger partial charge in [-0.1, -0.05) is 24.3 Å². The lowest BCUT2D eigenvalue weighted by Gasteiger charge is -2.13. The van der Waals surface area contributed by atoms with Gasteiger partial charge in [-0.2, -0.15) is 0 Å². The van der Waals surface area contributed by atoms with Gasteiger partial charge in [-0.15, -0.1) is 0 Å². The Hall–Kier alpha value is -3.47. The SMILES string of the molecule is COc1ccc(CCNC(=O)c2ccc(OC)c(COc3cccc(C)c3)c2)cc1. The summed E-state index contributed by atoms with van der Waals surface area (Å²) >= 11 is 0. The topological polar surface area (TPSA) is 56.8 Å². The van der Waals surface area contributed by atoms with E-state index >= 15 is 0 Å². The molecule has 0 atom stereocenters. The van der Waals surface area contributed by atoms with Crippen LogP contribution >= 0.6 is 0 Å². The van der Waals surface area contributed by atoms with Crippen LogP contribution in [0.15, 0.2) is 66.7 Å². The quantitative estimate of drug-likeness (QED) is 0.567. The molecule has 0 aromatic heterocycles. The normalized spacial score (nSPS) is 10.4. The number of aryl methyl sites for hydroxylation is 1. The van der Waals surface area contributed by atoms with Crippen LogP contribution in [0, 0.1) is 6.92 Å². The number of rotatable bonds is 9. The van der Waals surface area contributed by atoms with Gasteiger partial charge in [-0.3, -0.25) is 4.79 Å². The molecule has 0 saturated carbocycles. The molecule has 5 heteroatoms. The van der Waals surface area contributed by atoms with E-state index in [1.54, 1.807) is 26.4 Å². The first-order valence-electron chi connectivity index (χ1n) is 9.86. The summed E-state index contributed by atoms with van der Waals surface area (Å²) in [6.45, 7) is 2.89. The van der Waals surface area contributed by atoms with E-state index in [1.165, 1.54) is 0 Å². The summed E-state index contributed by atoms with van der Waals surface area (Å²) in [6.07, 6.45) is 0.745. The second kappa shape index (κ2) is 10.3. The van der Waals surface area contributed by atoms with Gasteiger partial charge in [-0.25, -0.2) is 0 Å². The van der Waals surface area contributed by atoms with Crippen molar-refractivity contribution in [3.05, 3.63) is 89.0 Å². The Kier molecular flexibility index (Phi) is 7.33. The number of carbonyl (C=O) groups is 1. The summed E-state index contributed by atoms with van der Waals surface area (Å²) in [5, 5.41) is 2.97. The third-order valence-corrected chi connectivity index (χ3v) is 4.78. The number of hydrogen-bond acceptors (Lipinski definition) is 4. The fourth-order valence-electron chi connectivity index (χ4n) is 3.11. The second-order valence-corrected chi connectivity index (χ2v) is 6.99. The highest BCUT2D eigenvalue weighted by molar-refractivity contribution is 5.94. The minimum Gasteiger partial charge on any atom is -0.497 e. The van der Waals surface area contributed by atoms with Crippen LogP contribution in [0.3, 0.4) is 0 Å².